The molecule has 1 aromatic carbocycles. The number of hydrogen-bond acceptors (Lipinski definition) is 3. The molecular formula is C7H5Cl2NO3. The zero-order valence-corrected chi connectivity index (χ0v) is 7.59. The van der Waals surface area contributed by atoms with Crippen LogP contribution in [0.1, 0.15) is 4.11 Å². The van der Waals surface area contributed by atoms with Crippen molar-refractivity contribution in [2.24, 2.45) is 0 Å². The van der Waals surface area contributed by atoms with Gasteiger partial charge in [-0.2, -0.15) is 0 Å². The summed E-state index contributed by atoms with van der Waals surface area (Å²) in [5, 5.41) is 10.2. The lowest BCUT2D eigenvalue weighted by Crippen LogP contribution is -1.91. The maximum absolute atomic E-state index is 10.5. The molecule has 0 saturated heterocycles. The van der Waals surface area contributed by atoms with Crippen molar-refractivity contribution in [3.63, 3.8) is 0 Å². The molecule has 0 amide bonds. The Morgan fingerprint density at radius 3 is 2.77 bits per heavy atom. The molecular weight excluding hydrogens is 217 g/mol. The fraction of sp³-hybridized carbons (Fsp3) is 0.143. The minimum atomic E-state index is -2.73. The quantitative estimate of drug-likeness (QED) is 0.574. The van der Waals surface area contributed by atoms with Gasteiger partial charge in [-0.3, -0.25) is 10.1 Å². The third-order valence-corrected chi connectivity index (χ3v) is 1.91. The number of benzene rings is 1. The molecule has 0 atom stereocenters. The van der Waals surface area contributed by atoms with Gasteiger partial charge in [-0.05, 0) is 6.07 Å². The van der Waals surface area contributed by atoms with Crippen LogP contribution in [0.25, 0.3) is 0 Å². The topological polar surface area (TPSA) is 52.4 Å². The van der Waals surface area contributed by atoms with E-state index in [1.807, 2.05) is 0 Å². The van der Waals surface area contributed by atoms with Gasteiger partial charge >= 0.3 is 0 Å². The SMILES string of the molecule is [2H]C([2H])([2H])Oc1cc([N+](=O)[O-])c(Cl)cc1Cl. The molecule has 1 aromatic rings. The molecule has 0 aromatic heterocycles. The van der Waals surface area contributed by atoms with Crippen molar-refractivity contribution in [1.82, 2.24) is 0 Å². The van der Waals surface area contributed by atoms with Crippen LogP contribution < -0.4 is 4.74 Å². The summed E-state index contributed by atoms with van der Waals surface area (Å²) >= 11 is 11.2. The van der Waals surface area contributed by atoms with Crippen molar-refractivity contribution in [2.45, 2.75) is 0 Å². The molecule has 0 bridgehead atoms. The van der Waals surface area contributed by atoms with Crippen LogP contribution in [0.4, 0.5) is 5.69 Å². The average Bonchev–Trinajstić information content (AvgIpc) is 2.07. The minimum absolute atomic E-state index is 0.105. The molecule has 0 heterocycles. The van der Waals surface area contributed by atoms with E-state index in [4.69, 9.17) is 27.3 Å². The van der Waals surface area contributed by atoms with E-state index < -0.39 is 17.6 Å². The van der Waals surface area contributed by atoms with Gasteiger partial charge in [0.15, 0.2) is 0 Å². The van der Waals surface area contributed by atoms with Crippen molar-refractivity contribution in [2.75, 3.05) is 7.04 Å². The van der Waals surface area contributed by atoms with Gasteiger partial charge in [0.2, 0.25) is 0 Å². The fourth-order valence-electron chi connectivity index (χ4n) is 0.737. The highest BCUT2D eigenvalue weighted by atomic mass is 35.5. The molecule has 0 aliphatic heterocycles. The summed E-state index contributed by atoms with van der Waals surface area (Å²) in [4.78, 5) is 9.77. The van der Waals surface area contributed by atoms with Crippen LogP contribution in [-0.2, 0) is 0 Å². The molecule has 4 nitrogen and oxygen atoms in total. The normalized spacial score (nSPS) is 14.2. The van der Waals surface area contributed by atoms with Gasteiger partial charge in [0, 0.05) is 0 Å². The lowest BCUT2D eigenvalue weighted by molar-refractivity contribution is -0.384. The summed E-state index contributed by atoms with van der Waals surface area (Å²) in [6, 6.07) is 1.93. The number of nitrogens with zero attached hydrogens (tertiary/aromatic N) is 1. The molecule has 70 valence electrons. The lowest BCUT2D eigenvalue weighted by Gasteiger charge is -2.02. The molecule has 0 aliphatic carbocycles. The number of methoxy groups -OCH3 is 1. The van der Waals surface area contributed by atoms with Crippen LogP contribution in [0, 0.1) is 10.1 Å². The van der Waals surface area contributed by atoms with Crippen molar-refractivity contribution < 1.29 is 13.8 Å². The van der Waals surface area contributed by atoms with Gasteiger partial charge in [0.25, 0.3) is 5.69 Å². The Labute approximate surface area is 88.4 Å². The first-order valence-corrected chi connectivity index (χ1v) is 3.79. The van der Waals surface area contributed by atoms with Gasteiger partial charge in [-0.15, -0.1) is 0 Å². The van der Waals surface area contributed by atoms with Gasteiger partial charge in [-0.25, -0.2) is 0 Å². The second-order valence-electron chi connectivity index (χ2n) is 2.09. The zero-order chi connectivity index (χ0) is 12.5. The van der Waals surface area contributed by atoms with Crippen LogP contribution >= 0.6 is 23.2 Å². The predicted molar refractivity (Wildman–Crippen MR) is 49.7 cm³/mol. The van der Waals surface area contributed by atoms with E-state index in [0.717, 1.165) is 12.1 Å². The third kappa shape index (κ3) is 2.02. The smallest absolute Gasteiger partial charge is 0.291 e. The van der Waals surface area contributed by atoms with E-state index >= 15 is 0 Å². The van der Waals surface area contributed by atoms with E-state index in [2.05, 4.69) is 4.74 Å². The van der Waals surface area contributed by atoms with E-state index in [0.29, 0.717) is 0 Å². The number of nitro benzene ring substituents is 1. The second-order valence-corrected chi connectivity index (χ2v) is 2.91. The van der Waals surface area contributed by atoms with Crippen molar-refractivity contribution in [3.8, 4) is 5.75 Å². The van der Waals surface area contributed by atoms with Crippen molar-refractivity contribution >= 4 is 28.9 Å². The first-order valence-electron chi connectivity index (χ1n) is 4.53. The fourth-order valence-corrected chi connectivity index (χ4v) is 1.23. The molecule has 0 unspecified atom stereocenters. The summed E-state index contributed by atoms with van der Waals surface area (Å²) in [6.07, 6.45) is 0. The van der Waals surface area contributed by atoms with Gasteiger partial charge in [0.05, 0.1) is 27.2 Å². The Kier molecular flexibility index (Phi) is 1.89. The monoisotopic (exact) mass is 224 g/mol. The number of ether oxygens (including phenoxy) is 1. The lowest BCUT2D eigenvalue weighted by atomic mass is 10.3. The number of halogens is 2. The van der Waals surface area contributed by atoms with Gasteiger partial charge in [-0.1, -0.05) is 23.2 Å². The number of rotatable bonds is 2. The Balaban J connectivity index is 3.20. The summed E-state index contributed by atoms with van der Waals surface area (Å²) in [7, 11) is -2.73. The molecule has 0 aliphatic rings. The van der Waals surface area contributed by atoms with Crippen LogP contribution in [0.3, 0.4) is 0 Å². The highest BCUT2D eigenvalue weighted by Crippen LogP contribution is 2.34. The Morgan fingerprint density at radius 1 is 1.54 bits per heavy atom. The first-order chi connectivity index (χ1) is 7.20. The number of nitro groups is 1. The van der Waals surface area contributed by atoms with Crippen molar-refractivity contribution in [3.05, 3.63) is 32.3 Å². The van der Waals surface area contributed by atoms with Crippen LogP contribution in [0.2, 0.25) is 10.0 Å². The number of hydrogen-bond donors (Lipinski definition) is 0. The summed E-state index contributed by atoms with van der Waals surface area (Å²) in [5.74, 6) is -0.308. The first kappa shape index (κ1) is 6.45. The van der Waals surface area contributed by atoms with E-state index in [1.54, 1.807) is 0 Å². The Bertz CT molecular complexity index is 436. The van der Waals surface area contributed by atoms with Crippen LogP contribution in [-0.4, -0.2) is 12.0 Å². The molecule has 0 fully saturated rings. The Hall–Kier alpha value is -1.000. The van der Waals surface area contributed by atoms with E-state index in [9.17, 15) is 10.1 Å². The molecule has 1 rings (SSSR count). The molecule has 0 N–H and O–H groups in total. The zero-order valence-electron chi connectivity index (χ0n) is 9.08. The maximum atomic E-state index is 10.5. The molecule has 0 spiro atoms. The standard InChI is InChI=1S/C7H5Cl2NO3/c1-13-7-3-6(10(11)12)4(8)2-5(7)9/h2-3H,1H3/i1D3. The third-order valence-electron chi connectivity index (χ3n) is 1.31. The highest BCUT2D eigenvalue weighted by molar-refractivity contribution is 6.36. The van der Waals surface area contributed by atoms with E-state index in [1.165, 1.54) is 0 Å². The minimum Gasteiger partial charge on any atom is -0.495 e. The molecule has 0 radical (unpaired) electrons. The van der Waals surface area contributed by atoms with Gasteiger partial charge in [0.1, 0.15) is 10.8 Å². The van der Waals surface area contributed by atoms with Crippen LogP contribution in [0.15, 0.2) is 12.1 Å². The average molecular weight is 225 g/mol. The van der Waals surface area contributed by atoms with E-state index in [-0.39, 0.29) is 15.8 Å². The predicted octanol–water partition coefficient (Wildman–Crippen LogP) is 2.91. The highest BCUT2D eigenvalue weighted by Gasteiger charge is 2.16. The Morgan fingerprint density at radius 2 is 2.23 bits per heavy atom. The molecule has 13 heavy (non-hydrogen) atoms. The second kappa shape index (κ2) is 3.81. The van der Waals surface area contributed by atoms with Crippen LogP contribution in [0.5, 0.6) is 5.75 Å². The largest absolute Gasteiger partial charge is 0.495 e. The summed E-state index contributed by atoms with van der Waals surface area (Å²) in [6.45, 7) is 0. The summed E-state index contributed by atoms with van der Waals surface area (Å²) in [5.41, 5.74) is -0.467. The molecule has 6 heteroatoms. The van der Waals surface area contributed by atoms with Gasteiger partial charge < -0.3 is 4.74 Å². The molecule has 0 saturated carbocycles. The summed E-state index contributed by atoms with van der Waals surface area (Å²) < 4.78 is 25.0. The maximum Gasteiger partial charge on any atom is 0.291 e. The van der Waals surface area contributed by atoms with Crippen molar-refractivity contribution in [1.29, 1.82) is 0 Å².